The number of amides is 2. The lowest BCUT2D eigenvalue weighted by atomic mass is 9.89. The van der Waals surface area contributed by atoms with E-state index in [4.69, 9.17) is 11.6 Å². The quantitative estimate of drug-likeness (QED) is 0.465. The number of piperidine rings is 1. The highest BCUT2D eigenvalue weighted by molar-refractivity contribution is 6.30. The summed E-state index contributed by atoms with van der Waals surface area (Å²) >= 11 is 6.03. The molecule has 2 aliphatic rings. The topological polar surface area (TPSA) is 59.7 Å². The molecular formula is C29H32ClFN4O2. The molecule has 0 radical (unpaired) electrons. The van der Waals surface area contributed by atoms with Gasteiger partial charge >= 0.3 is 0 Å². The molecule has 2 amide bonds. The molecule has 2 aliphatic heterocycles. The lowest BCUT2D eigenvalue weighted by Gasteiger charge is -2.41. The molecule has 1 aromatic heterocycles. The number of likely N-dealkylation sites (tertiary alicyclic amines) is 1. The lowest BCUT2D eigenvalue weighted by Crippen LogP contribution is -2.52. The summed E-state index contributed by atoms with van der Waals surface area (Å²) in [7, 11) is 0. The molecule has 3 aromatic rings. The molecule has 8 heteroatoms. The Labute approximate surface area is 221 Å². The van der Waals surface area contributed by atoms with E-state index in [0.29, 0.717) is 37.0 Å². The third kappa shape index (κ3) is 5.73. The normalized spacial score (nSPS) is 19.1. The van der Waals surface area contributed by atoms with Crippen LogP contribution in [0.3, 0.4) is 0 Å². The SMILES string of the molecule is CC(N1CCC(c2c[nH]c3cc(F)ccc23)CC1)N1CCN(C(=O)/C=C/c2cccc(Cl)c2)CCC1=O. The number of carbonyl (C=O) groups is 2. The lowest BCUT2D eigenvalue weighted by molar-refractivity contribution is -0.136. The predicted molar refractivity (Wildman–Crippen MR) is 145 cm³/mol. The molecule has 0 saturated carbocycles. The summed E-state index contributed by atoms with van der Waals surface area (Å²) in [6.07, 6.45) is 7.59. The van der Waals surface area contributed by atoms with Gasteiger partial charge in [-0.25, -0.2) is 4.39 Å². The average molecular weight is 523 g/mol. The molecule has 0 aliphatic carbocycles. The minimum Gasteiger partial charge on any atom is -0.361 e. The van der Waals surface area contributed by atoms with Crippen molar-refractivity contribution in [2.75, 3.05) is 32.7 Å². The summed E-state index contributed by atoms with van der Waals surface area (Å²) in [6.45, 7) is 5.30. The van der Waals surface area contributed by atoms with Crippen molar-refractivity contribution in [3.8, 4) is 0 Å². The first-order chi connectivity index (χ1) is 17.9. The molecule has 0 spiro atoms. The van der Waals surface area contributed by atoms with Gasteiger partial charge in [-0.3, -0.25) is 14.5 Å². The van der Waals surface area contributed by atoms with Gasteiger partial charge in [-0.05, 0) is 73.2 Å². The van der Waals surface area contributed by atoms with Crippen molar-refractivity contribution in [3.05, 3.63) is 76.7 Å². The molecule has 1 N–H and O–H groups in total. The zero-order valence-corrected chi connectivity index (χ0v) is 21.8. The number of hydrogen-bond donors (Lipinski definition) is 1. The van der Waals surface area contributed by atoms with Gasteiger partial charge < -0.3 is 14.8 Å². The van der Waals surface area contributed by atoms with E-state index in [1.165, 1.54) is 11.6 Å². The van der Waals surface area contributed by atoms with Gasteiger partial charge in [-0.2, -0.15) is 0 Å². The molecule has 37 heavy (non-hydrogen) atoms. The van der Waals surface area contributed by atoms with Crippen LogP contribution in [0.4, 0.5) is 4.39 Å². The molecule has 2 saturated heterocycles. The molecule has 5 rings (SSSR count). The molecular weight excluding hydrogens is 491 g/mol. The van der Waals surface area contributed by atoms with Crippen molar-refractivity contribution in [2.24, 2.45) is 0 Å². The van der Waals surface area contributed by atoms with Crippen molar-refractivity contribution in [1.29, 1.82) is 0 Å². The van der Waals surface area contributed by atoms with E-state index in [9.17, 15) is 14.0 Å². The van der Waals surface area contributed by atoms with E-state index < -0.39 is 0 Å². The van der Waals surface area contributed by atoms with Crippen LogP contribution in [0.5, 0.6) is 0 Å². The fourth-order valence-corrected chi connectivity index (χ4v) is 5.78. The smallest absolute Gasteiger partial charge is 0.246 e. The maximum absolute atomic E-state index is 13.6. The Kier molecular flexibility index (Phi) is 7.63. The highest BCUT2D eigenvalue weighted by Gasteiger charge is 2.32. The fourth-order valence-electron chi connectivity index (χ4n) is 5.58. The first-order valence-corrected chi connectivity index (χ1v) is 13.3. The van der Waals surface area contributed by atoms with Crippen molar-refractivity contribution in [3.63, 3.8) is 0 Å². The zero-order valence-electron chi connectivity index (χ0n) is 21.0. The van der Waals surface area contributed by atoms with E-state index >= 15 is 0 Å². The summed E-state index contributed by atoms with van der Waals surface area (Å²) in [4.78, 5) is 35.0. The van der Waals surface area contributed by atoms with Gasteiger partial charge in [0.1, 0.15) is 5.82 Å². The molecule has 6 nitrogen and oxygen atoms in total. The van der Waals surface area contributed by atoms with Crippen LogP contribution in [-0.2, 0) is 9.59 Å². The Morgan fingerprint density at radius 1 is 1.11 bits per heavy atom. The number of aromatic nitrogens is 1. The van der Waals surface area contributed by atoms with Gasteiger partial charge in [-0.1, -0.05) is 23.7 Å². The van der Waals surface area contributed by atoms with Gasteiger partial charge in [0.25, 0.3) is 0 Å². The Morgan fingerprint density at radius 2 is 1.92 bits per heavy atom. The molecule has 2 aromatic carbocycles. The van der Waals surface area contributed by atoms with E-state index in [2.05, 4.69) is 16.8 Å². The molecule has 0 bridgehead atoms. The molecule has 3 heterocycles. The zero-order chi connectivity index (χ0) is 25.9. The summed E-state index contributed by atoms with van der Waals surface area (Å²) in [5.74, 6) is 0.162. The monoisotopic (exact) mass is 522 g/mol. The fraction of sp³-hybridized carbons (Fsp3) is 0.379. The largest absolute Gasteiger partial charge is 0.361 e. The van der Waals surface area contributed by atoms with Crippen LogP contribution < -0.4 is 0 Å². The van der Waals surface area contributed by atoms with Crippen LogP contribution >= 0.6 is 11.6 Å². The highest BCUT2D eigenvalue weighted by Crippen LogP contribution is 2.34. The van der Waals surface area contributed by atoms with E-state index in [1.807, 2.05) is 35.4 Å². The third-order valence-electron chi connectivity index (χ3n) is 7.73. The number of nitrogens with zero attached hydrogens (tertiary/aromatic N) is 3. The second-order valence-electron chi connectivity index (χ2n) is 9.93. The van der Waals surface area contributed by atoms with Gasteiger partial charge in [0.2, 0.25) is 11.8 Å². The van der Waals surface area contributed by atoms with Gasteiger partial charge in [-0.15, -0.1) is 0 Å². The Hall–Kier alpha value is -3.16. The molecule has 2 fully saturated rings. The predicted octanol–water partition coefficient (Wildman–Crippen LogP) is 5.26. The van der Waals surface area contributed by atoms with Crippen molar-refractivity contribution in [1.82, 2.24) is 19.7 Å². The van der Waals surface area contributed by atoms with E-state index in [1.54, 1.807) is 29.2 Å². The number of aromatic amines is 1. The number of fused-ring (bicyclic) bond motifs is 1. The second kappa shape index (κ2) is 11.1. The van der Waals surface area contributed by atoms with Crippen LogP contribution in [-0.4, -0.2) is 70.4 Å². The Morgan fingerprint density at radius 3 is 2.70 bits per heavy atom. The summed E-state index contributed by atoms with van der Waals surface area (Å²) in [5, 5.41) is 1.71. The molecule has 1 atom stereocenters. The van der Waals surface area contributed by atoms with Crippen molar-refractivity contribution < 1.29 is 14.0 Å². The molecule has 1 unspecified atom stereocenters. The number of nitrogens with one attached hydrogen (secondary N) is 1. The van der Waals surface area contributed by atoms with Crippen LogP contribution in [0.15, 0.2) is 54.7 Å². The maximum Gasteiger partial charge on any atom is 0.246 e. The summed E-state index contributed by atoms with van der Waals surface area (Å²) < 4.78 is 13.6. The number of halogens is 2. The van der Waals surface area contributed by atoms with E-state index in [0.717, 1.165) is 42.4 Å². The van der Waals surface area contributed by atoms with Crippen LogP contribution in [0, 0.1) is 5.82 Å². The minimum absolute atomic E-state index is 0.0254. The number of carbonyl (C=O) groups excluding carboxylic acids is 2. The van der Waals surface area contributed by atoms with Crippen LogP contribution in [0.2, 0.25) is 5.02 Å². The van der Waals surface area contributed by atoms with Crippen LogP contribution in [0.1, 0.15) is 43.2 Å². The highest BCUT2D eigenvalue weighted by atomic mass is 35.5. The van der Waals surface area contributed by atoms with Gasteiger partial charge in [0.15, 0.2) is 0 Å². The minimum atomic E-state index is -0.232. The Bertz CT molecular complexity index is 1310. The van der Waals surface area contributed by atoms with Crippen molar-refractivity contribution in [2.45, 2.75) is 38.3 Å². The Balaban J connectivity index is 1.17. The third-order valence-corrected chi connectivity index (χ3v) is 7.97. The number of hydrogen-bond acceptors (Lipinski definition) is 3. The number of rotatable bonds is 5. The second-order valence-corrected chi connectivity index (χ2v) is 10.4. The number of H-pyrrole nitrogens is 1. The van der Waals surface area contributed by atoms with Gasteiger partial charge in [0.05, 0.1) is 6.17 Å². The van der Waals surface area contributed by atoms with Gasteiger partial charge in [0, 0.05) is 67.3 Å². The van der Waals surface area contributed by atoms with Crippen molar-refractivity contribution >= 4 is 40.4 Å². The standard InChI is InChI=1S/C29H32ClFN4O2/c1-20(33-12-9-22(10-13-33)26-19-32-27-18-24(31)6-7-25(26)27)35-16-15-34(14-11-29(35)37)28(36)8-5-21-3-2-4-23(30)17-21/h2-8,17-20,22,32H,9-16H2,1H3/b8-5+. The van der Waals surface area contributed by atoms with Crippen LogP contribution in [0.25, 0.3) is 17.0 Å². The summed E-state index contributed by atoms with van der Waals surface area (Å²) in [6, 6.07) is 12.3. The average Bonchev–Trinajstić information content (AvgIpc) is 3.21. The van der Waals surface area contributed by atoms with E-state index in [-0.39, 0.29) is 23.8 Å². The maximum atomic E-state index is 13.6. The molecule has 194 valence electrons. The first kappa shape index (κ1) is 25.5. The number of benzene rings is 2. The summed E-state index contributed by atoms with van der Waals surface area (Å²) in [5.41, 5.74) is 2.95. The first-order valence-electron chi connectivity index (χ1n) is 12.9.